The van der Waals surface area contributed by atoms with Gasteiger partial charge < -0.3 is 14.6 Å². The predicted molar refractivity (Wildman–Crippen MR) is 77.9 cm³/mol. The molecule has 122 valence electrons. The van der Waals surface area contributed by atoms with Gasteiger partial charge in [-0.2, -0.15) is 0 Å². The standard InChI is InChI=1S/C16H23NO5/c1-9-14(18)21-8-11-4-6-17-7-5-12(13(11)17)22-15(19)10(2)16(9,3)20/h4,9-10,12-13,20H,5-8H2,1-3H3/t9-,10-,12-,13-,16-/m0/s1. The topological polar surface area (TPSA) is 76.1 Å². The molecule has 1 N–H and O–H groups in total. The van der Waals surface area contributed by atoms with Gasteiger partial charge in [0, 0.05) is 13.1 Å². The van der Waals surface area contributed by atoms with E-state index in [2.05, 4.69) is 4.90 Å². The average Bonchev–Trinajstić information content (AvgIpc) is 3.05. The van der Waals surface area contributed by atoms with E-state index in [1.807, 2.05) is 6.08 Å². The van der Waals surface area contributed by atoms with Gasteiger partial charge in [0.05, 0.1) is 23.5 Å². The maximum Gasteiger partial charge on any atom is 0.311 e. The Bertz CT molecular complexity index is 527. The van der Waals surface area contributed by atoms with Crippen LogP contribution in [0.25, 0.3) is 0 Å². The molecule has 0 bridgehead atoms. The summed E-state index contributed by atoms with van der Waals surface area (Å²) in [6, 6.07) is 0.00213. The van der Waals surface area contributed by atoms with Crippen molar-refractivity contribution >= 4 is 11.9 Å². The summed E-state index contributed by atoms with van der Waals surface area (Å²) in [5, 5.41) is 10.6. The second-order valence-corrected chi connectivity index (χ2v) is 6.76. The molecule has 0 unspecified atom stereocenters. The van der Waals surface area contributed by atoms with E-state index in [1.54, 1.807) is 13.8 Å². The van der Waals surface area contributed by atoms with Crippen LogP contribution in [0.1, 0.15) is 27.2 Å². The molecular formula is C16H23NO5. The van der Waals surface area contributed by atoms with E-state index in [0.29, 0.717) is 0 Å². The lowest BCUT2D eigenvalue weighted by Gasteiger charge is -2.33. The van der Waals surface area contributed by atoms with Crippen LogP contribution in [0.15, 0.2) is 11.6 Å². The second kappa shape index (κ2) is 5.35. The summed E-state index contributed by atoms with van der Waals surface area (Å²) in [6.45, 7) is 6.53. The van der Waals surface area contributed by atoms with E-state index in [1.165, 1.54) is 6.92 Å². The highest BCUT2D eigenvalue weighted by molar-refractivity contribution is 5.78. The Kier molecular flexibility index (Phi) is 3.77. The van der Waals surface area contributed by atoms with Crippen molar-refractivity contribution in [2.75, 3.05) is 19.7 Å². The fourth-order valence-corrected chi connectivity index (χ4v) is 3.51. The number of ether oxygens (including phenoxy) is 2. The number of nitrogens with zero attached hydrogens (tertiary/aromatic N) is 1. The minimum absolute atomic E-state index is 0.00213. The van der Waals surface area contributed by atoms with Crippen molar-refractivity contribution in [3.05, 3.63) is 11.6 Å². The van der Waals surface area contributed by atoms with Gasteiger partial charge in [0.1, 0.15) is 12.7 Å². The first-order valence-electron chi connectivity index (χ1n) is 7.85. The molecule has 3 heterocycles. The van der Waals surface area contributed by atoms with Crippen LogP contribution in [-0.4, -0.2) is 59.4 Å². The zero-order valence-corrected chi connectivity index (χ0v) is 13.2. The van der Waals surface area contributed by atoms with Gasteiger partial charge in [0.15, 0.2) is 0 Å². The van der Waals surface area contributed by atoms with Gasteiger partial charge >= 0.3 is 11.9 Å². The van der Waals surface area contributed by atoms with E-state index >= 15 is 0 Å². The normalized spacial score (nSPS) is 43.0. The zero-order valence-electron chi connectivity index (χ0n) is 13.2. The first-order valence-corrected chi connectivity index (χ1v) is 7.85. The molecule has 0 aromatic carbocycles. The molecule has 0 amide bonds. The molecule has 2 fully saturated rings. The maximum atomic E-state index is 12.4. The van der Waals surface area contributed by atoms with Crippen molar-refractivity contribution in [2.45, 2.75) is 44.9 Å². The third-order valence-corrected chi connectivity index (χ3v) is 5.52. The van der Waals surface area contributed by atoms with Gasteiger partial charge in [-0.3, -0.25) is 14.5 Å². The fraction of sp³-hybridized carbons (Fsp3) is 0.750. The molecule has 0 aromatic heterocycles. The predicted octanol–water partition coefficient (Wildman–Crippen LogP) is 0.492. The van der Waals surface area contributed by atoms with E-state index < -0.39 is 29.4 Å². The molecule has 2 saturated heterocycles. The molecule has 0 radical (unpaired) electrons. The monoisotopic (exact) mass is 309 g/mol. The van der Waals surface area contributed by atoms with Crippen LogP contribution >= 0.6 is 0 Å². The zero-order chi connectivity index (χ0) is 16.1. The molecule has 0 aromatic rings. The highest BCUT2D eigenvalue weighted by atomic mass is 16.6. The molecule has 0 aliphatic carbocycles. The summed E-state index contributed by atoms with van der Waals surface area (Å²) >= 11 is 0. The summed E-state index contributed by atoms with van der Waals surface area (Å²) in [4.78, 5) is 26.8. The van der Waals surface area contributed by atoms with E-state index in [4.69, 9.17) is 9.47 Å². The first-order chi connectivity index (χ1) is 10.3. The van der Waals surface area contributed by atoms with Crippen molar-refractivity contribution in [3.63, 3.8) is 0 Å². The fourth-order valence-electron chi connectivity index (χ4n) is 3.51. The third kappa shape index (κ3) is 2.34. The number of cyclic esters (lactones) is 1. The van der Waals surface area contributed by atoms with Crippen molar-refractivity contribution in [3.8, 4) is 0 Å². The smallest absolute Gasteiger partial charge is 0.311 e. The maximum absolute atomic E-state index is 12.4. The molecule has 3 aliphatic heterocycles. The van der Waals surface area contributed by atoms with Gasteiger partial charge in [-0.25, -0.2) is 0 Å². The largest absolute Gasteiger partial charge is 0.461 e. The number of hydrogen-bond donors (Lipinski definition) is 1. The van der Waals surface area contributed by atoms with Crippen LogP contribution in [0.5, 0.6) is 0 Å². The van der Waals surface area contributed by atoms with E-state index in [9.17, 15) is 14.7 Å². The van der Waals surface area contributed by atoms with Gasteiger partial charge in [0.25, 0.3) is 0 Å². The number of hydrogen-bond acceptors (Lipinski definition) is 6. The number of carbonyl (C=O) groups is 2. The lowest BCUT2D eigenvalue weighted by atomic mass is 9.80. The number of esters is 2. The molecule has 0 spiro atoms. The molecule has 0 saturated carbocycles. The van der Waals surface area contributed by atoms with Gasteiger partial charge in [0.2, 0.25) is 0 Å². The van der Waals surface area contributed by atoms with Gasteiger partial charge in [-0.15, -0.1) is 0 Å². The minimum atomic E-state index is -1.50. The Morgan fingerprint density at radius 3 is 2.68 bits per heavy atom. The van der Waals surface area contributed by atoms with Crippen LogP contribution in [-0.2, 0) is 19.1 Å². The Labute approximate surface area is 130 Å². The summed E-state index contributed by atoms with van der Waals surface area (Å²) in [7, 11) is 0. The van der Waals surface area contributed by atoms with Crippen molar-refractivity contribution < 1.29 is 24.2 Å². The molecular weight excluding hydrogens is 286 g/mol. The summed E-state index contributed by atoms with van der Waals surface area (Å²) in [5.41, 5.74) is -0.509. The van der Waals surface area contributed by atoms with E-state index in [-0.39, 0.29) is 18.8 Å². The molecule has 6 heteroatoms. The number of rotatable bonds is 0. The van der Waals surface area contributed by atoms with Gasteiger partial charge in [-0.05, 0) is 32.8 Å². The molecule has 3 aliphatic rings. The number of aliphatic hydroxyl groups is 1. The molecule has 5 atom stereocenters. The lowest BCUT2D eigenvalue weighted by Crippen LogP contribution is -2.48. The highest BCUT2D eigenvalue weighted by Gasteiger charge is 2.48. The summed E-state index contributed by atoms with van der Waals surface area (Å²) in [6.07, 6.45) is 2.58. The van der Waals surface area contributed by atoms with Crippen molar-refractivity contribution in [2.24, 2.45) is 11.8 Å². The Balaban J connectivity index is 1.92. The quantitative estimate of drug-likeness (QED) is 0.518. The van der Waals surface area contributed by atoms with Crippen molar-refractivity contribution in [1.82, 2.24) is 4.90 Å². The van der Waals surface area contributed by atoms with Crippen LogP contribution in [0, 0.1) is 11.8 Å². The molecule has 6 nitrogen and oxygen atoms in total. The van der Waals surface area contributed by atoms with Gasteiger partial charge in [-0.1, -0.05) is 6.08 Å². The van der Waals surface area contributed by atoms with E-state index in [0.717, 1.165) is 25.1 Å². The summed E-state index contributed by atoms with van der Waals surface area (Å²) < 4.78 is 11.1. The molecule has 3 rings (SSSR count). The third-order valence-electron chi connectivity index (χ3n) is 5.52. The highest BCUT2D eigenvalue weighted by Crippen LogP contribution is 2.35. The Morgan fingerprint density at radius 2 is 1.95 bits per heavy atom. The first kappa shape index (κ1) is 15.5. The second-order valence-electron chi connectivity index (χ2n) is 6.76. The van der Waals surface area contributed by atoms with Crippen LogP contribution in [0.4, 0.5) is 0 Å². The van der Waals surface area contributed by atoms with Crippen molar-refractivity contribution in [1.29, 1.82) is 0 Å². The molecule has 22 heavy (non-hydrogen) atoms. The average molecular weight is 309 g/mol. The summed E-state index contributed by atoms with van der Waals surface area (Å²) in [5.74, 6) is -2.53. The lowest BCUT2D eigenvalue weighted by molar-refractivity contribution is -0.171. The number of carbonyl (C=O) groups excluding carboxylic acids is 2. The Hall–Kier alpha value is -1.40. The van der Waals surface area contributed by atoms with Crippen LogP contribution in [0.2, 0.25) is 0 Å². The van der Waals surface area contributed by atoms with Crippen LogP contribution < -0.4 is 0 Å². The SMILES string of the molecule is C[C@H]1C(=O)OCC2=CCN3CC[C@H](OC(=O)[C@H](C)[C@@]1(C)O)[C@H]23. The van der Waals surface area contributed by atoms with Crippen LogP contribution in [0.3, 0.4) is 0 Å². The minimum Gasteiger partial charge on any atom is -0.461 e. The Morgan fingerprint density at radius 1 is 1.27 bits per heavy atom.